The maximum absolute atomic E-state index is 9.87. The molecule has 2 aromatic heterocycles. The van der Waals surface area contributed by atoms with Gasteiger partial charge >= 0.3 is 51.4 Å². The molecule has 10 heteroatoms. The summed E-state index contributed by atoms with van der Waals surface area (Å²) in [5.74, 6) is 0. The first-order chi connectivity index (χ1) is 10.6. The maximum atomic E-state index is 9.87. The Labute approximate surface area is 182 Å². The van der Waals surface area contributed by atoms with Crippen molar-refractivity contribution in [2.24, 2.45) is 0 Å². The van der Waals surface area contributed by atoms with Crippen molar-refractivity contribution in [3.8, 4) is 5.13 Å². The van der Waals surface area contributed by atoms with E-state index in [0.717, 1.165) is 32.8 Å². The molecule has 0 saturated carbocycles. The molecular weight excluding hydrogens is 363 g/mol. The number of nitrogens with zero attached hydrogens (tertiary/aromatic N) is 4. The first-order valence-electron chi connectivity index (χ1n) is 6.12. The van der Waals surface area contributed by atoms with E-state index in [-0.39, 0.29) is 51.4 Å². The fourth-order valence-electron chi connectivity index (χ4n) is 2.07. The first kappa shape index (κ1) is 19.0. The van der Waals surface area contributed by atoms with E-state index in [1.165, 1.54) is 11.3 Å². The Balaban J connectivity index is 0.00000192. The van der Waals surface area contributed by atoms with Crippen molar-refractivity contribution in [2.75, 3.05) is 0 Å². The van der Waals surface area contributed by atoms with Gasteiger partial charge in [-0.05, 0) is 32.0 Å². The Bertz CT molecular complexity index is 887. The summed E-state index contributed by atoms with van der Waals surface area (Å²) in [5, 5.41) is 18.3. The van der Waals surface area contributed by atoms with Crippen LogP contribution in [0.3, 0.4) is 0 Å². The number of thiazole rings is 1. The second kappa shape index (κ2) is 8.17. The number of hydrogen-bond donors (Lipinski definition) is 0. The van der Waals surface area contributed by atoms with Crippen LogP contribution in [-0.4, -0.2) is 14.8 Å². The minimum atomic E-state index is 0. The van der Waals surface area contributed by atoms with Crippen molar-refractivity contribution >= 4 is 39.3 Å². The van der Waals surface area contributed by atoms with E-state index in [4.69, 9.17) is 6.57 Å². The van der Waals surface area contributed by atoms with Crippen LogP contribution >= 0.6 is 23.4 Å². The van der Waals surface area contributed by atoms with Gasteiger partial charge in [0, 0.05) is 4.90 Å². The summed E-state index contributed by atoms with van der Waals surface area (Å²) in [4.78, 5) is 8.76. The van der Waals surface area contributed by atoms with Gasteiger partial charge in [0.15, 0.2) is 0 Å². The molecule has 0 radical (unpaired) electrons. The minimum absolute atomic E-state index is 0. The predicted octanol–water partition coefficient (Wildman–Crippen LogP) is -0.116. The molecule has 0 atom stereocenters. The third-order valence-electron chi connectivity index (χ3n) is 3.05. The van der Waals surface area contributed by atoms with Gasteiger partial charge in [0.1, 0.15) is 0 Å². The monoisotopic (exact) mass is 372 g/mol. The van der Waals surface area contributed by atoms with Crippen LogP contribution in [-0.2, 0) is 9.37 Å². The molecule has 7 nitrogen and oxygen atoms in total. The van der Waals surface area contributed by atoms with Gasteiger partial charge in [-0.15, -0.1) is 0 Å². The first-order valence-corrected chi connectivity index (χ1v) is 7.67. The van der Waals surface area contributed by atoms with E-state index < -0.39 is 0 Å². The minimum Gasteiger partial charge on any atom is -0.691 e. The topological polar surface area (TPSA) is 76.6 Å². The van der Waals surface area contributed by atoms with E-state index in [1.807, 2.05) is 19.1 Å². The molecule has 1 aromatic carbocycles. The van der Waals surface area contributed by atoms with Crippen LogP contribution in [0, 0.1) is 20.4 Å². The third kappa shape index (κ3) is 3.85. The van der Waals surface area contributed by atoms with Crippen molar-refractivity contribution in [1.82, 2.24) is 14.8 Å². The quantitative estimate of drug-likeness (QED) is 0.209. The second-order valence-corrected chi connectivity index (χ2v) is 6.17. The van der Waals surface area contributed by atoms with Gasteiger partial charge in [-0.2, -0.15) is 9.43 Å². The number of rotatable bonds is 4. The summed E-state index contributed by atoms with van der Waals surface area (Å²) in [5.41, 5.74) is 2.81. The standard InChI is InChI=1S/C13H10N4O3S2.K/c1-7-12(14-3)8(2)17(16-7)13-15-10-5-4-9(22-20-19-18)6-11(10)21-13;/h4-6,18H,1-2H3;/q;+1/p-1. The molecule has 2 heterocycles. The summed E-state index contributed by atoms with van der Waals surface area (Å²) in [6.45, 7) is 10.9. The van der Waals surface area contributed by atoms with Crippen molar-refractivity contribution in [1.29, 1.82) is 0 Å². The normalized spacial score (nSPS) is 10.5. The van der Waals surface area contributed by atoms with E-state index in [1.54, 1.807) is 17.7 Å². The SMILES string of the molecule is [C-]#[N+]c1c(C)nn(-c2nc3ccc(SOO[O-])cc3s2)c1C.[K+]. The third-order valence-corrected chi connectivity index (χ3v) is 4.62. The summed E-state index contributed by atoms with van der Waals surface area (Å²) in [7, 11) is 0. The molecule has 0 amide bonds. The number of hydrogen-bond acceptors (Lipinski definition) is 7. The molecule has 0 spiro atoms. The molecule has 0 aliphatic carbocycles. The molecule has 0 fully saturated rings. The summed E-state index contributed by atoms with van der Waals surface area (Å²) in [6.07, 6.45) is 0. The van der Waals surface area contributed by atoms with Crippen LogP contribution in [0.1, 0.15) is 11.4 Å². The zero-order valence-electron chi connectivity index (χ0n) is 12.6. The van der Waals surface area contributed by atoms with E-state index in [0.29, 0.717) is 16.5 Å². The Morgan fingerprint density at radius 3 is 2.83 bits per heavy atom. The molecule has 3 rings (SSSR count). The average molecular weight is 372 g/mol. The Morgan fingerprint density at radius 2 is 2.17 bits per heavy atom. The summed E-state index contributed by atoms with van der Waals surface area (Å²) >= 11 is 2.28. The summed E-state index contributed by atoms with van der Waals surface area (Å²) < 4.78 is 6.91. The largest absolute Gasteiger partial charge is 1.00 e. The number of fused-ring (bicyclic) bond motifs is 1. The molecule has 112 valence electrons. The van der Waals surface area contributed by atoms with Crippen LogP contribution in [0.2, 0.25) is 0 Å². The van der Waals surface area contributed by atoms with Crippen LogP contribution in [0.15, 0.2) is 23.1 Å². The smallest absolute Gasteiger partial charge is 0.691 e. The summed E-state index contributed by atoms with van der Waals surface area (Å²) in [6, 6.07) is 5.45. The van der Waals surface area contributed by atoms with Crippen LogP contribution in [0.5, 0.6) is 0 Å². The number of aromatic nitrogens is 3. The predicted molar refractivity (Wildman–Crippen MR) is 80.5 cm³/mol. The molecule has 0 saturated heterocycles. The number of aryl methyl sites for hydroxylation is 1. The fourth-order valence-corrected chi connectivity index (χ4v) is 3.55. The van der Waals surface area contributed by atoms with Gasteiger partial charge < -0.3 is 5.26 Å². The number of benzene rings is 1. The van der Waals surface area contributed by atoms with Gasteiger partial charge in [-0.25, -0.2) is 14.5 Å². The van der Waals surface area contributed by atoms with E-state index in [2.05, 4.69) is 24.3 Å². The van der Waals surface area contributed by atoms with Crippen molar-refractivity contribution in [3.63, 3.8) is 0 Å². The fraction of sp³-hybridized carbons (Fsp3) is 0.154. The van der Waals surface area contributed by atoms with Gasteiger partial charge in [0.05, 0.1) is 40.2 Å². The van der Waals surface area contributed by atoms with Gasteiger partial charge in [-0.1, -0.05) is 11.3 Å². The van der Waals surface area contributed by atoms with E-state index in [9.17, 15) is 5.26 Å². The molecule has 3 aromatic rings. The van der Waals surface area contributed by atoms with Crippen molar-refractivity contribution < 1.29 is 66.0 Å². The molecule has 0 unspecified atom stereocenters. The van der Waals surface area contributed by atoms with Crippen molar-refractivity contribution in [3.05, 3.63) is 41.0 Å². The molecular formula is C13H9KN4O3S2. The van der Waals surface area contributed by atoms with Gasteiger partial charge in [-0.3, -0.25) is 5.04 Å². The molecule has 0 N–H and O–H groups in total. The van der Waals surface area contributed by atoms with Crippen LogP contribution in [0.4, 0.5) is 5.69 Å². The van der Waals surface area contributed by atoms with Crippen molar-refractivity contribution in [2.45, 2.75) is 18.7 Å². The second-order valence-electron chi connectivity index (χ2n) is 4.39. The molecule has 0 bridgehead atoms. The Morgan fingerprint density at radius 1 is 1.39 bits per heavy atom. The molecule has 23 heavy (non-hydrogen) atoms. The molecule has 0 aliphatic heterocycles. The molecule has 0 aliphatic rings. The van der Waals surface area contributed by atoms with Gasteiger partial charge in [0.25, 0.3) is 0 Å². The van der Waals surface area contributed by atoms with Crippen LogP contribution in [0.25, 0.3) is 20.2 Å². The van der Waals surface area contributed by atoms with E-state index >= 15 is 0 Å². The van der Waals surface area contributed by atoms with Crippen LogP contribution < -0.4 is 56.6 Å². The Hall–Kier alpha value is -0.324. The van der Waals surface area contributed by atoms with Gasteiger partial charge in [0.2, 0.25) is 10.8 Å². The zero-order chi connectivity index (χ0) is 15.7. The average Bonchev–Trinajstić information content (AvgIpc) is 3.05. The zero-order valence-corrected chi connectivity index (χ0v) is 17.3. The Kier molecular flexibility index (Phi) is 6.75. The maximum Gasteiger partial charge on any atom is 1.00 e.